The van der Waals surface area contributed by atoms with Crippen molar-refractivity contribution in [3.63, 3.8) is 0 Å². The summed E-state index contributed by atoms with van der Waals surface area (Å²) < 4.78 is 2.01. The van der Waals surface area contributed by atoms with Gasteiger partial charge in [-0.1, -0.05) is 0 Å². The summed E-state index contributed by atoms with van der Waals surface area (Å²) in [5.74, 6) is 0. The molecule has 2 aromatic rings. The number of hydrogen-bond donors (Lipinski definition) is 1. The molecule has 0 aliphatic rings. The Labute approximate surface area is 122 Å². The molecule has 17 heavy (non-hydrogen) atoms. The van der Waals surface area contributed by atoms with Crippen LogP contribution in [-0.2, 0) is 6.42 Å². The minimum atomic E-state index is 0.229. The van der Waals surface area contributed by atoms with Gasteiger partial charge in [-0.05, 0) is 73.8 Å². The van der Waals surface area contributed by atoms with Crippen LogP contribution in [0.4, 0.5) is 0 Å². The highest BCUT2D eigenvalue weighted by Gasteiger charge is 2.15. The van der Waals surface area contributed by atoms with Crippen LogP contribution in [0.2, 0.25) is 0 Å². The highest BCUT2D eigenvalue weighted by atomic mass is 79.9. The van der Waals surface area contributed by atoms with Crippen molar-refractivity contribution in [2.75, 3.05) is 7.05 Å². The molecule has 2 aromatic heterocycles. The van der Waals surface area contributed by atoms with E-state index in [-0.39, 0.29) is 6.04 Å². The van der Waals surface area contributed by atoms with Crippen molar-refractivity contribution in [3.8, 4) is 0 Å². The summed E-state index contributed by atoms with van der Waals surface area (Å²) in [7, 11) is 1.97. The van der Waals surface area contributed by atoms with Crippen molar-refractivity contribution in [1.82, 2.24) is 10.3 Å². The van der Waals surface area contributed by atoms with Gasteiger partial charge in [-0.25, -0.2) is 0 Å². The number of aromatic nitrogens is 1. The molecule has 0 aliphatic carbocycles. The lowest BCUT2D eigenvalue weighted by Gasteiger charge is -2.16. The van der Waals surface area contributed by atoms with E-state index in [0.29, 0.717) is 0 Å². The maximum Gasteiger partial charge on any atom is 0.0719 e. The Hall–Kier alpha value is -0.230. The Balaban J connectivity index is 2.23. The van der Waals surface area contributed by atoms with E-state index < -0.39 is 0 Å². The van der Waals surface area contributed by atoms with Crippen LogP contribution in [0.15, 0.2) is 38.0 Å². The molecule has 0 spiro atoms. The number of pyridine rings is 1. The minimum Gasteiger partial charge on any atom is -0.311 e. The van der Waals surface area contributed by atoms with Gasteiger partial charge in [0, 0.05) is 15.1 Å². The van der Waals surface area contributed by atoms with Crippen LogP contribution in [0.25, 0.3) is 0 Å². The van der Waals surface area contributed by atoms with Gasteiger partial charge in [-0.2, -0.15) is 11.3 Å². The van der Waals surface area contributed by atoms with Gasteiger partial charge < -0.3 is 5.32 Å². The molecule has 0 saturated carbocycles. The van der Waals surface area contributed by atoms with Crippen molar-refractivity contribution in [2.45, 2.75) is 12.5 Å². The Morgan fingerprint density at radius 1 is 1.47 bits per heavy atom. The van der Waals surface area contributed by atoms with Crippen molar-refractivity contribution in [2.24, 2.45) is 0 Å². The van der Waals surface area contributed by atoms with Gasteiger partial charge in [-0.15, -0.1) is 0 Å². The predicted molar refractivity (Wildman–Crippen MR) is 79.5 cm³/mol. The van der Waals surface area contributed by atoms with Gasteiger partial charge in [0.05, 0.1) is 11.7 Å². The fourth-order valence-corrected chi connectivity index (χ4v) is 3.61. The number of nitrogens with one attached hydrogen (secondary N) is 1. The average Bonchev–Trinajstić information content (AvgIpc) is 2.79. The SMILES string of the molecule is CNC(Cc1ccsc1)c1ncc(Br)cc1Br. The molecule has 90 valence electrons. The lowest BCUT2D eigenvalue weighted by molar-refractivity contribution is 0.574. The molecule has 5 heteroatoms. The van der Waals surface area contributed by atoms with Gasteiger partial charge in [0.1, 0.15) is 0 Å². The van der Waals surface area contributed by atoms with E-state index in [1.807, 2.05) is 19.3 Å². The topological polar surface area (TPSA) is 24.9 Å². The quantitative estimate of drug-likeness (QED) is 0.867. The van der Waals surface area contributed by atoms with Crippen molar-refractivity contribution < 1.29 is 0 Å². The summed E-state index contributed by atoms with van der Waals surface area (Å²) in [6.07, 6.45) is 2.78. The largest absolute Gasteiger partial charge is 0.311 e. The number of hydrogen-bond acceptors (Lipinski definition) is 3. The van der Waals surface area contributed by atoms with E-state index in [1.165, 1.54) is 5.56 Å². The van der Waals surface area contributed by atoms with Gasteiger partial charge in [0.2, 0.25) is 0 Å². The molecule has 1 unspecified atom stereocenters. The fourth-order valence-electron chi connectivity index (χ4n) is 1.66. The summed E-state index contributed by atoms with van der Waals surface area (Å²) in [4.78, 5) is 4.48. The van der Waals surface area contributed by atoms with Crippen LogP contribution in [0.5, 0.6) is 0 Å². The second-order valence-corrected chi connectivity index (χ2v) is 6.25. The normalized spacial score (nSPS) is 12.6. The molecule has 0 aromatic carbocycles. The molecule has 0 aliphatic heterocycles. The van der Waals surface area contributed by atoms with E-state index in [4.69, 9.17) is 0 Å². The highest BCUT2D eigenvalue weighted by Crippen LogP contribution is 2.27. The fraction of sp³-hybridized carbons (Fsp3) is 0.250. The Morgan fingerprint density at radius 3 is 2.88 bits per heavy atom. The maximum atomic E-state index is 4.48. The smallest absolute Gasteiger partial charge is 0.0719 e. The van der Waals surface area contributed by atoms with E-state index in [0.717, 1.165) is 21.1 Å². The Morgan fingerprint density at radius 2 is 2.29 bits per heavy atom. The molecular weight excluding hydrogens is 364 g/mol. The summed E-state index contributed by atoms with van der Waals surface area (Å²) in [6.45, 7) is 0. The summed E-state index contributed by atoms with van der Waals surface area (Å²) in [5.41, 5.74) is 2.38. The zero-order valence-corrected chi connectivity index (χ0v) is 13.3. The molecule has 2 rings (SSSR count). The molecule has 1 atom stereocenters. The van der Waals surface area contributed by atoms with Gasteiger partial charge in [0.15, 0.2) is 0 Å². The molecule has 2 heterocycles. The number of thiophene rings is 1. The molecule has 2 nitrogen and oxygen atoms in total. The zero-order valence-electron chi connectivity index (χ0n) is 9.28. The van der Waals surface area contributed by atoms with Crippen LogP contribution in [0.3, 0.4) is 0 Å². The third-order valence-electron chi connectivity index (χ3n) is 2.53. The lowest BCUT2D eigenvalue weighted by Crippen LogP contribution is -2.20. The number of halogens is 2. The molecule has 0 fully saturated rings. The third kappa shape index (κ3) is 3.37. The van der Waals surface area contributed by atoms with Crippen LogP contribution in [0.1, 0.15) is 17.3 Å². The Bertz CT molecular complexity index is 485. The van der Waals surface area contributed by atoms with Crippen molar-refractivity contribution in [3.05, 3.63) is 49.3 Å². The summed E-state index contributed by atoms with van der Waals surface area (Å²) in [6, 6.07) is 4.41. The van der Waals surface area contributed by atoms with Crippen LogP contribution in [0, 0.1) is 0 Å². The molecule has 0 bridgehead atoms. The standard InChI is InChI=1S/C12H12Br2N2S/c1-15-11(4-8-2-3-17-7-8)12-10(14)5-9(13)6-16-12/h2-3,5-7,11,15H,4H2,1H3. The first-order valence-corrected chi connectivity index (χ1v) is 7.73. The number of likely N-dealkylation sites (N-methyl/N-ethyl adjacent to an activating group) is 1. The summed E-state index contributed by atoms with van der Waals surface area (Å²) in [5, 5.41) is 7.59. The van der Waals surface area contributed by atoms with Crippen molar-refractivity contribution >= 4 is 43.2 Å². The molecule has 0 radical (unpaired) electrons. The van der Waals surface area contributed by atoms with Gasteiger partial charge in [0.25, 0.3) is 0 Å². The maximum absolute atomic E-state index is 4.48. The first kappa shape index (κ1) is 13.2. The van der Waals surface area contributed by atoms with Crippen LogP contribution < -0.4 is 5.32 Å². The lowest BCUT2D eigenvalue weighted by atomic mass is 10.1. The third-order valence-corrected chi connectivity index (χ3v) is 4.34. The van der Waals surface area contributed by atoms with Gasteiger partial charge >= 0.3 is 0 Å². The first-order chi connectivity index (χ1) is 8.20. The minimum absolute atomic E-state index is 0.229. The highest BCUT2D eigenvalue weighted by molar-refractivity contribution is 9.11. The number of nitrogens with zero attached hydrogens (tertiary/aromatic N) is 1. The second kappa shape index (κ2) is 6.09. The summed E-state index contributed by atoms with van der Waals surface area (Å²) >= 11 is 8.71. The van der Waals surface area contributed by atoms with Crippen LogP contribution >= 0.6 is 43.2 Å². The molecule has 0 amide bonds. The van der Waals surface area contributed by atoms with E-state index >= 15 is 0 Å². The predicted octanol–water partition coefficient (Wildman–Crippen LogP) is 4.17. The monoisotopic (exact) mass is 374 g/mol. The van der Waals surface area contributed by atoms with E-state index in [2.05, 4.69) is 59.0 Å². The van der Waals surface area contributed by atoms with Crippen LogP contribution in [-0.4, -0.2) is 12.0 Å². The molecular formula is C12H12Br2N2S. The second-order valence-electron chi connectivity index (χ2n) is 3.70. The molecule has 0 saturated heterocycles. The van der Waals surface area contributed by atoms with E-state index in [9.17, 15) is 0 Å². The number of rotatable bonds is 4. The Kier molecular flexibility index (Phi) is 4.73. The average molecular weight is 376 g/mol. The zero-order chi connectivity index (χ0) is 12.3. The van der Waals surface area contributed by atoms with Gasteiger partial charge in [-0.3, -0.25) is 4.98 Å². The molecule has 1 N–H and O–H groups in total. The first-order valence-electron chi connectivity index (χ1n) is 5.20. The van der Waals surface area contributed by atoms with Crippen molar-refractivity contribution in [1.29, 1.82) is 0 Å². The van der Waals surface area contributed by atoms with E-state index in [1.54, 1.807) is 11.3 Å².